The molecule has 0 spiro atoms. The number of amides is 2. The third-order valence-corrected chi connectivity index (χ3v) is 7.83. The van der Waals surface area contributed by atoms with Crippen molar-refractivity contribution in [2.45, 2.75) is 77.0 Å². The Hall–Kier alpha value is -2.55. The second-order valence-corrected chi connectivity index (χ2v) is 12.1. The summed E-state index contributed by atoms with van der Waals surface area (Å²) in [5, 5.41) is 17.3. The number of carbonyl (C=O) groups is 3. The number of furan rings is 1. The molecular formula is C27H33Cl2N3O5. The lowest BCUT2D eigenvalue weighted by Gasteiger charge is -2.47. The van der Waals surface area contributed by atoms with E-state index in [1.165, 1.54) is 6.07 Å². The second-order valence-electron chi connectivity index (χ2n) is 11.2. The zero-order valence-corrected chi connectivity index (χ0v) is 22.9. The van der Waals surface area contributed by atoms with E-state index in [0.29, 0.717) is 47.2 Å². The van der Waals surface area contributed by atoms with Gasteiger partial charge in [-0.15, -0.1) is 0 Å². The highest BCUT2D eigenvalue weighted by Crippen LogP contribution is 2.41. The molecule has 1 saturated heterocycles. The van der Waals surface area contributed by atoms with Crippen molar-refractivity contribution < 1.29 is 23.9 Å². The van der Waals surface area contributed by atoms with E-state index in [1.54, 1.807) is 36.1 Å². The van der Waals surface area contributed by atoms with Gasteiger partial charge in [0.15, 0.2) is 5.76 Å². The summed E-state index contributed by atoms with van der Waals surface area (Å²) in [7, 11) is 0. The Morgan fingerprint density at radius 1 is 1.14 bits per heavy atom. The van der Waals surface area contributed by atoms with Crippen LogP contribution < -0.4 is 10.6 Å². The number of aliphatic carboxylic acids is 1. The van der Waals surface area contributed by atoms with Crippen LogP contribution in [0.5, 0.6) is 0 Å². The molecule has 1 aliphatic heterocycles. The van der Waals surface area contributed by atoms with Crippen LogP contribution in [-0.4, -0.2) is 58.0 Å². The molecule has 2 aliphatic rings. The normalized spacial score (nSPS) is 26.4. The summed E-state index contributed by atoms with van der Waals surface area (Å²) in [6.07, 6.45) is 2.16. The number of carboxylic acid groups (broad SMARTS) is 1. The van der Waals surface area contributed by atoms with E-state index in [2.05, 4.69) is 31.4 Å². The maximum atomic E-state index is 13.3. The van der Waals surface area contributed by atoms with Crippen molar-refractivity contribution in [3.63, 3.8) is 0 Å². The average Bonchev–Trinajstić information content (AvgIpc) is 3.42. The van der Waals surface area contributed by atoms with Gasteiger partial charge in [0.2, 0.25) is 5.91 Å². The fraction of sp³-hybridized carbons (Fsp3) is 0.519. The van der Waals surface area contributed by atoms with Crippen molar-refractivity contribution in [1.29, 1.82) is 0 Å². The van der Waals surface area contributed by atoms with Gasteiger partial charge in [0.05, 0.1) is 10.4 Å². The van der Waals surface area contributed by atoms with E-state index in [1.807, 2.05) is 0 Å². The number of carboxylic acids is 1. The molecule has 0 bridgehead atoms. The van der Waals surface area contributed by atoms with E-state index in [0.717, 1.165) is 6.42 Å². The Balaban J connectivity index is 1.44. The lowest BCUT2D eigenvalue weighted by atomic mass is 9.68. The maximum absolute atomic E-state index is 13.3. The summed E-state index contributed by atoms with van der Waals surface area (Å²) in [6, 6.07) is 6.94. The molecule has 1 aliphatic carbocycles. The Kier molecular flexibility index (Phi) is 7.66. The first-order chi connectivity index (χ1) is 17.3. The fourth-order valence-electron chi connectivity index (χ4n) is 5.56. The summed E-state index contributed by atoms with van der Waals surface area (Å²) >= 11 is 12.3. The van der Waals surface area contributed by atoms with Crippen LogP contribution in [0.3, 0.4) is 0 Å². The lowest BCUT2D eigenvalue weighted by Crippen LogP contribution is -2.59. The van der Waals surface area contributed by atoms with Crippen LogP contribution in [-0.2, 0) is 9.59 Å². The molecule has 1 saturated carbocycles. The van der Waals surface area contributed by atoms with Crippen LogP contribution in [0.1, 0.15) is 63.9 Å². The molecule has 4 atom stereocenters. The van der Waals surface area contributed by atoms with Crippen LogP contribution in [0, 0.1) is 5.41 Å². The van der Waals surface area contributed by atoms with Gasteiger partial charge < -0.3 is 25.1 Å². The van der Waals surface area contributed by atoms with Gasteiger partial charge in [-0.1, -0.05) is 23.2 Å². The minimum Gasteiger partial charge on any atom is -0.481 e. The van der Waals surface area contributed by atoms with Gasteiger partial charge in [-0.05, 0) is 83.7 Å². The summed E-state index contributed by atoms with van der Waals surface area (Å²) in [6.45, 7) is 8.28. The van der Waals surface area contributed by atoms with E-state index >= 15 is 0 Å². The minimum absolute atomic E-state index is 0.0430. The third-order valence-electron chi connectivity index (χ3n) is 7.27. The third kappa shape index (κ3) is 5.81. The molecule has 0 unspecified atom stereocenters. The van der Waals surface area contributed by atoms with Gasteiger partial charge in [-0.2, -0.15) is 0 Å². The molecule has 37 heavy (non-hydrogen) atoms. The van der Waals surface area contributed by atoms with Crippen molar-refractivity contribution in [3.8, 4) is 11.3 Å². The summed E-state index contributed by atoms with van der Waals surface area (Å²) in [5.74, 6) is -1.28. The molecule has 8 nitrogen and oxygen atoms in total. The second kappa shape index (κ2) is 10.3. The topological polar surface area (TPSA) is 112 Å². The molecule has 4 rings (SSSR count). The first-order valence-electron chi connectivity index (χ1n) is 12.5. The Morgan fingerprint density at radius 2 is 1.86 bits per heavy atom. The molecule has 2 heterocycles. The number of rotatable bonds is 6. The van der Waals surface area contributed by atoms with Crippen LogP contribution in [0.2, 0.25) is 10.0 Å². The molecular weight excluding hydrogens is 517 g/mol. The fourth-order valence-corrected chi connectivity index (χ4v) is 5.94. The lowest BCUT2D eigenvalue weighted by molar-refractivity contribution is -0.158. The standard InChI is InChI=1S/C27H33Cl2N3O5/c1-26(2,3)31-16-6-10-22(27(4,14-16)25(35)36)32-12-11-19(24(32)34)30-23(33)21-9-8-20(37-21)17-13-15(28)5-7-18(17)29/h5,7-9,13,16,19,22,31H,6,10-12,14H2,1-4H3,(H,30,33)(H,35,36)/t16-,19+,22+,27-/m1/s1. The molecule has 200 valence electrons. The zero-order valence-electron chi connectivity index (χ0n) is 21.4. The predicted octanol–water partition coefficient (Wildman–Crippen LogP) is 4.98. The Bertz CT molecular complexity index is 1210. The monoisotopic (exact) mass is 549 g/mol. The average molecular weight is 550 g/mol. The van der Waals surface area contributed by atoms with Crippen LogP contribution in [0.25, 0.3) is 11.3 Å². The number of nitrogens with zero attached hydrogens (tertiary/aromatic N) is 1. The first-order valence-corrected chi connectivity index (χ1v) is 13.2. The van der Waals surface area contributed by atoms with Gasteiger partial charge in [0, 0.05) is 34.8 Å². The minimum atomic E-state index is -1.10. The summed E-state index contributed by atoms with van der Waals surface area (Å²) < 4.78 is 5.71. The molecule has 1 aromatic heterocycles. The molecule has 2 amide bonds. The number of carbonyl (C=O) groups excluding carboxylic acids is 2. The highest BCUT2D eigenvalue weighted by Gasteiger charge is 2.52. The van der Waals surface area contributed by atoms with Crippen LogP contribution in [0.15, 0.2) is 34.7 Å². The van der Waals surface area contributed by atoms with Crippen molar-refractivity contribution in [3.05, 3.63) is 46.1 Å². The number of halogens is 2. The SMILES string of the molecule is CC(C)(C)N[C@@H]1CC[C@H](N2CC[C@H](NC(=O)c3ccc(-c4cc(Cl)ccc4Cl)o3)C2=O)[C@](C)(C(=O)O)C1. The molecule has 1 aromatic carbocycles. The molecule has 3 N–H and O–H groups in total. The highest BCUT2D eigenvalue weighted by molar-refractivity contribution is 6.35. The molecule has 0 radical (unpaired) electrons. The molecule has 10 heteroatoms. The van der Waals surface area contributed by atoms with Gasteiger partial charge in [0.1, 0.15) is 11.8 Å². The zero-order chi connectivity index (χ0) is 27.1. The number of likely N-dealkylation sites (tertiary alicyclic amines) is 1. The van der Waals surface area contributed by atoms with Gasteiger partial charge in [-0.25, -0.2) is 0 Å². The van der Waals surface area contributed by atoms with E-state index in [9.17, 15) is 19.5 Å². The molecule has 2 aromatic rings. The Labute approximate surface area is 226 Å². The molecule has 2 fully saturated rings. The number of benzene rings is 1. The predicted molar refractivity (Wildman–Crippen MR) is 142 cm³/mol. The van der Waals surface area contributed by atoms with Crippen molar-refractivity contribution in [2.75, 3.05) is 6.54 Å². The first kappa shape index (κ1) is 27.5. The smallest absolute Gasteiger partial charge is 0.311 e. The Morgan fingerprint density at radius 3 is 2.54 bits per heavy atom. The summed E-state index contributed by atoms with van der Waals surface area (Å²) in [4.78, 5) is 40.3. The van der Waals surface area contributed by atoms with Gasteiger partial charge >= 0.3 is 5.97 Å². The van der Waals surface area contributed by atoms with Gasteiger partial charge in [0.25, 0.3) is 5.91 Å². The number of nitrogens with one attached hydrogen (secondary N) is 2. The highest BCUT2D eigenvalue weighted by atomic mass is 35.5. The van der Waals surface area contributed by atoms with Crippen molar-refractivity contribution >= 4 is 41.0 Å². The number of hydrogen-bond donors (Lipinski definition) is 3. The van der Waals surface area contributed by atoms with E-state index < -0.39 is 29.4 Å². The van der Waals surface area contributed by atoms with Crippen molar-refractivity contribution in [2.24, 2.45) is 5.41 Å². The van der Waals surface area contributed by atoms with E-state index in [4.69, 9.17) is 27.6 Å². The number of hydrogen-bond acceptors (Lipinski definition) is 5. The van der Waals surface area contributed by atoms with Crippen LogP contribution >= 0.6 is 23.2 Å². The van der Waals surface area contributed by atoms with E-state index in [-0.39, 0.29) is 23.2 Å². The maximum Gasteiger partial charge on any atom is 0.311 e. The van der Waals surface area contributed by atoms with Crippen molar-refractivity contribution in [1.82, 2.24) is 15.5 Å². The quantitative estimate of drug-likeness (QED) is 0.468. The largest absolute Gasteiger partial charge is 0.481 e. The van der Waals surface area contributed by atoms with Gasteiger partial charge in [-0.3, -0.25) is 14.4 Å². The summed E-state index contributed by atoms with van der Waals surface area (Å²) in [5.41, 5.74) is -0.678. The van der Waals surface area contributed by atoms with Crippen LogP contribution in [0.4, 0.5) is 0 Å².